The summed E-state index contributed by atoms with van der Waals surface area (Å²) in [6.45, 7) is 5.03. The topological polar surface area (TPSA) is 112 Å². The third-order valence-electron chi connectivity index (χ3n) is 15.3. The predicted molar refractivity (Wildman–Crippen MR) is 174 cm³/mol. The number of aromatic nitrogens is 3. The predicted octanol–water partition coefficient (Wildman–Crippen LogP) is 6.72. The molecule has 1 aromatic heterocycles. The van der Waals surface area contributed by atoms with Gasteiger partial charge in [0, 0.05) is 10.8 Å². The lowest BCUT2D eigenvalue weighted by Gasteiger charge is -2.53. The van der Waals surface area contributed by atoms with E-state index < -0.39 is 11.2 Å². The van der Waals surface area contributed by atoms with E-state index in [9.17, 15) is 20.4 Å². The number of rotatable bonds is 3. The zero-order valence-corrected chi connectivity index (χ0v) is 27.3. The maximum atomic E-state index is 12.5. The van der Waals surface area contributed by atoms with Crippen molar-refractivity contribution in [1.82, 2.24) is 15.0 Å². The number of aryl methyl sites for hydroxylation is 2. The van der Waals surface area contributed by atoms with Crippen LogP contribution < -0.4 is 0 Å². The average molecular weight is 624 g/mol. The Bertz CT molecular complexity index is 1700. The molecule has 4 fully saturated rings. The summed E-state index contributed by atoms with van der Waals surface area (Å²) < 4.78 is 1.84. The van der Waals surface area contributed by atoms with E-state index in [1.807, 2.05) is 35.1 Å². The van der Waals surface area contributed by atoms with Crippen LogP contribution in [0.1, 0.15) is 118 Å². The number of phenols is 2. The summed E-state index contributed by atoms with van der Waals surface area (Å²) in [7, 11) is 0. The van der Waals surface area contributed by atoms with Crippen LogP contribution in [0.3, 0.4) is 0 Å². The number of phenolic OH excluding ortho intramolecular Hbond substituents is 2. The van der Waals surface area contributed by atoms with Gasteiger partial charge in [-0.25, -0.2) is 4.68 Å². The minimum absolute atomic E-state index is 0.192. The molecule has 4 N–H and O–H groups in total. The summed E-state index contributed by atoms with van der Waals surface area (Å²) in [6, 6.07) is 11.9. The van der Waals surface area contributed by atoms with Crippen LogP contribution in [0.4, 0.5) is 0 Å². The molecule has 4 saturated carbocycles. The van der Waals surface area contributed by atoms with E-state index in [2.05, 4.69) is 36.3 Å². The van der Waals surface area contributed by atoms with Gasteiger partial charge in [-0.05, 0) is 159 Å². The van der Waals surface area contributed by atoms with Gasteiger partial charge in [0.15, 0.2) is 0 Å². The van der Waals surface area contributed by atoms with Crippen LogP contribution in [0.25, 0.3) is 0 Å². The van der Waals surface area contributed by atoms with E-state index in [1.165, 1.54) is 22.3 Å². The lowest BCUT2D eigenvalue weighted by Crippen LogP contribution is -2.52. The summed E-state index contributed by atoms with van der Waals surface area (Å²) in [5.74, 6) is 3.68. The molecule has 10 atom stereocenters. The fourth-order valence-electron chi connectivity index (χ4n) is 12.8. The van der Waals surface area contributed by atoms with Gasteiger partial charge in [-0.2, -0.15) is 0 Å². The Morgan fingerprint density at radius 2 is 1.28 bits per heavy atom. The Morgan fingerprint density at radius 3 is 1.91 bits per heavy atom. The van der Waals surface area contributed by atoms with E-state index >= 15 is 0 Å². The normalized spacial score (nSPS) is 42.3. The number of benzene rings is 2. The number of fused-ring (bicyclic) bond motifs is 10. The van der Waals surface area contributed by atoms with Crippen LogP contribution >= 0.6 is 0 Å². The van der Waals surface area contributed by atoms with Crippen molar-refractivity contribution in [3.63, 3.8) is 0 Å². The third-order valence-corrected chi connectivity index (χ3v) is 15.3. The minimum Gasteiger partial charge on any atom is -0.508 e. The molecule has 2 aromatic carbocycles. The van der Waals surface area contributed by atoms with Gasteiger partial charge in [-0.3, -0.25) is 0 Å². The first-order valence-corrected chi connectivity index (χ1v) is 18.0. The number of aromatic hydroxyl groups is 2. The molecule has 9 rings (SSSR count). The smallest absolute Gasteiger partial charge is 0.116 e. The van der Waals surface area contributed by atoms with Crippen molar-refractivity contribution in [3.05, 3.63) is 70.5 Å². The molecule has 3 aromatic rings. The number of hydrogen-bond acceptors (Lipinski definition) is 6. The monoisotopic (exact) mass is 623 g/mol. The van der Waals surface area contributed by atoms with Gasteiger partial charge >= 0.3 is 0 Å². The largest absolute Gasteiger partial charge is 0.508 e. The fraction of sp³-hybridized carbons (Fsp3) is 0.641. The Balaban J connectivity index is 0.948. The second-order valence-corrected chi connectivity index (χ2v) is 16.8. The van der Waals surface area contributed by atoms with Gasteiger partial charge in [0.2, 0.25) is 0 Å². The third kappa shape index (κ3) is 3.85. The second-order valence-electron chi connectivity index (χ2n) is 16.8. The highest BCUT2D eigenvalue weighted by Crippen LogP contribution is 2.67. The Morgan fingerprint density at radius 1 is 0.717 bits per heavy atom. The van der Waals surface area contributed by atoms with Crippen molar-refractivity contribution in [3.8, 4) is 11.5 Å². The van der Waals surface area contributed by atoms with Crippen molar-refractivity contribution in [2.24, 2.45) is 34.5 Å². The van der Waals surface area contributed by atoms with Crippen LogP contribution in [0.2, 0.25) is 0 Å². The quantitative estimate of drug-likeness (QED) is 0.258. The molecular formula is C39H49N3O4. The van der Waals surface area contributed by atoms with Crippen molar-refractivity contribution < 1.29 is 20.4 Å². The maximum absolute atomic E-state index is 12.5. The summed E-state index contributed by atoms with van der Waals surface area (Å²) in [4.78, 5) is 0. The summed E-state index contributed by atoms with van der Waals surface area (Å²) in [6.07, 6.45) is 13.7. The highest BCUT2D eigenvalue weighted by Gasteiger charge is 2.64. The van der Waals surface area contributed by atoms with Gasteiger partial charge in [0.05, 0.1) is 18.3 Å². The van der Waals surface area contributed by atoms with Crippen LogP contribution in [0, 0.1) is 34.5 Å². The van der Waals surface area contributed by atoms with Crippen molar-refractivity contribution in [2.45, 2.75) is 120 Å². The van der Waals surface area contributed by atoms with Crippen molar-refractivity contribution >= 4 is 0 Å². The molecule has 0 saturated heterocycles. The first-order valence-electron chi connectivity index (χ1n) is 18.0. The molecule has 7 heteroatoms. The number of hydrogen-bond donors (Lipinski definition) is 4. The molecule has 46 heavy (non-hydrogen) atoms. The summed E-state index contributed by atoms with van der Waals surface area (Å²) in [5, 5.41) is 54.3. The Kier molecular flexibility index (Phi) is 6.25. The maximum Gasteiger partial charge on any atom is 0.116 e. The summed E-state index contributed by atoms with van der Waals surface area (Å²) >= 11 is 0. The first kappa shape index (κ1) is 29.3. The van der Waals surface area contributed by atoms with Gasteiger partial charge < -0.3 is 20.4 Å². The van der Waals surface area contributed by atoms with E-state index in [-0.39, 0.29) is 10.8 Å². The standard InChI is InChI=1S/C39H49N3O4/c1-36-15-11-29-27-9-5-25(43)19-23(27)3-7-31(29)33(36)13-17-38(36,45)22-42-21-35(40-41-42)39(46)18-14-34-32-8-4-24-20-26(44)6-10-28(24)30(32)12-16-37(34,39)2/h5-6,9-10,19-21,29-34,43-46H,3-4,7-8,11-18,22H2,1-2H3/t29?,30?,31-,32?,33?,34?,36+,37+,38-,39-/m1/s1. The molecule has 0 amide bonds. The number of aliphatic hydroxyl groups is 2. The average Bonchev–Trinajstić information content (AvgIpc) is 3.69. The van der Waals surface area contributed by atoms with Gasteiger partial charge in [-0.15, -0.1) is 5.10 Å². The highest BCUT2D eigenvalue weighted by molar-refractivity contribution is 5.42. The minimum atomic E-state index is -1.02. The molecule has 5 unspecified atom stereocenters. The molecule has 6 aliphatic carbocycles. The Labute approximate surface area is 272 Å². The molecular weight excluding hydrogens is 574 g/mol. The summed E-state index contributed by atoms with van der Waals surface area (Å²) in [5.41, 5.74) is 3.74. The molecule has 0 aliphatic heterocycles. The number of nitrogens with zero attached hydrogens (tertiary/aromatic N) is 3. The first-order chi connectivity index (χ1) is 22.0. The van der Waals surface area contributed by atoms with Crippen LogP contribution in [-0.2, 0) is 25.0 Å². The van der Waals surface area contributed by atoms with Crippen molar-refractivity contribution in [1.29, 1.82) is 0 Å². The van der Waals surface area contributed by atoms with Crippen LogP contribution in [0.15, 0.2) is 42.6 Å². The lowest BCUT2D eigenvalue weighted by molar-refractivity contribution is -0.114. The van der Waals surface area contributed by atoms with Crippen LogP contribution in [0.5, 0.6) is 11.5 Å². The molecule has 244 valence electrons. The highest BCUT2D eigenvalue weighted by atomic mass is 16.3. The van der Waals surface area contributed by atoms with E-state index in [1.54, 1.807) is 0 Å². The van der Waals surface area contributed by atoms with Gasteiger partial charge in [0.1, 0.15) is 22.8 Å². The SMILES string of the molecule is C[C@]12CCC3c4ccc(O)cc4CC[C@H]3C1CC[C@@]2(O)Cn1cc([C@]2(O)CCC3C4CCc5cc(O)ccc5C4CC[C@@]32C)nn1. The molecule has 0 spiro atoms. The molecule has 7 nitrogen and oxygen atoms in total. The second kappa shape index (κ2) is 9.82. The van der Waals surface area contributed by atoms with E-state index in [0.29, 0.717) is 65.7 Å². The van der Waals surface area contributed by atoms with E-state index in [4.69, 9.17) is 0 Å². The Hall–Kier alpha value is -2.90. The van der Waals surface area contributed by atoms with Gasteiger partial charge in [0.25, 0.3) is 0 Å². The van der Waals surface area contributed by atoms with E-state index in [0.717, 1.165) is 70.6 Å². The lowest BCUT2D eigenvalue weighted by atomic mass is 9.53. The zero-order chi connectivity index (χ0) is 31.6. The van der Waals surface area contributed by atoms with Crippen molar-refractivity contribution in [2.75, 3.05) is 0 Å². The fourth-order valence-corrected chi connectivity index (χ4v) is 12.8. The zero-order valence-electron chi connectivity index (χ0n) is 27.3. The molecule has 0 radical (unpaired) electrons. The van der Waals surface area contributed by atoms with Crippen LogP contribution in [-0.4, -0.2) is 41.0 Å². The van der Waals surface area contributed by atoms with Gasteiger partial charge in [-0.1, -0.05) is 31.2 Å². The molecule has 1 heterocycles. The molecule has 0 bridgehead atoms. The molecule has 6 aliphatic rings.